The van der Waals surface area contributed by atoms with Gasteiger partial charge >= 0.3 is 0 Å². The number of nitrogens with one attached hydrogen (secondary N) is 1. The van der Waals surface area contributed by atoms with E-state index in [-0.39, 0.29) is 0 Å². The highest BCUT2D eigenvalue weighted by Gasteiger charge is 2.16. The van der Waals surface area contributed by atoms with E-state index in [0.717, 1.165) is 19.6 Å². The molecule has 18 heavy (non-hydrogen) atoms. The average molecular weight is 269 g/mol. The standard InChI is InChI=1S/C14H27N3S/c1-6-9-15-11(4)13-12(5)16-14(18-13)17(8-3)10-7-2/h11,15H,6-10H2,1-5H3. The van der Waals surface area contributed by atoms with Crippen molar-refractivity contribution >= 4 is 16.5 Å². The molecule has 0 bridgehead atoms. The molecule has 1 rings (SSSR count). The molecule has 1 N–H and O–H groups in total. The Morgan fingerprint density at radius 3 is 2.56 bits per heavy atom. The van der Waals surface area contributed by atoms with Crippen LogP contribution in [0.3, 0.4) is 0 Å². The van der Waals surface area contributed by atoms with Crippen LogP contribution in [0.2, 0.25) is 0 Å². The fraction of sp³-hybridized carbons (Fsp3) is 0.786. The normalized spacial score (nSPS) is 12.7. The Bertz CT molecular complexity index is 349. The summed E-state index contributed by atoms with van der Waals surface area (Å²) in [5, 5.41) is 4.72. The summed E-state index contributed by atoms with van der Waals surface area (Å²) in [5.74, 6) is 0. The maximum Gasteiger partial charge on any atom is 0.185 e. The quantitative estimate of drug-likeness (QED) is 0.779. The molecule has 0 aliphatic carbocycles. The zero-order chi connectivity index (χ0) is 13.5. The summed E-state index contributed by atoms with van der Waals surface area (Å²) in [6.45, 7) is 14.2. The monoisotopic (exact) mass is 269 g/mol. The molecule has 0 radical (unpaired) electrons. The van der Waals surface area contributed by atoms with Gasteiger partial charge in [-0.2, -0.15) is 0 Å². The van der Waals surface area contributed by atoms with Gasteiger partial charge in [-0.15, -0.1) is 11.3 Å². The third kappa shape index (κ3) is 3.95. The zero-order valence-electron chi connectivity index (χ0n) is 12.4. The van der Waals surface area contributed by atoms with E-state index in [9.17, 15) is 0 Å². The molecule has 0 saturated heterocycles. The molecule has 1 unspecified atom stereocenters. The van der Waals surface area contributed by atoms with E-state index in [0.29, 0.717) is 6.04 Å². The lowest BCUT2D eigenvalue weighted by Gasteiger charge is -2.18. The van der Waals surface area contributed by atoms with Gasteiger partial charge in [-0.05, 0) is 40.2 Å². The number of hydrogen-bond acceptors (Lipinski definition) is 4. The molecule has 3 nitrogen and oxygen atoms in total. The van der Waals surface area contributed by atoms with Crippen molar-refractivity contribution < 1.29 is 0 Å². The molecule has 0 aliphatic rings. The minimum absolute atomic E-state index is 0.413. The largest absolute Gasteiger partial charge is 0.348 e. The molecule has 1 aromatic rings. The van der Waals surface area contributed by atoms with Gasteiger partial charge in [0.25, 0.3) is 0 Å². The SMILES string of the molecule is CCCNC(C)c1sc(N(CC)CCC)nc1C. The van der Waals surface area contributed by atoms with E-state index in [1.54, 1.807) is 0 Å². The lowest BCUT2D eigenvalue weighted by Crippen LogP contribution is -2.23. The van der Waals surface area contributed by atoms with Gasteiger partial charge in [-0.3, -0.25) is 0 Å². The highest BCUT2D eigenvalue weighted by Crippen LogP contribution is 2.30. The number of anilines is 1. The molecular weight excluding hydrogens is 242 g/mol. The smallest absolute Gasteiger partial charge is 0.185 e. The Balaban J connectivity index is 2.79. The summed E-state index contributed by atoms with van der Waals surface area (Å²) in [7, 11) is 0. The van der Waals surface area contributed by atoms with Crippen LogP contribution in [0.15, 0.2) is 0 Å². The molecule has 1 atom stereocenters. The highest BCUT2D eigenvalue weighted by molar-refractivity contribution is 7.15. The number of rotatable bonds is 8. The molecule has 1 aromatic heterocycles. The number of aromatic nitrogens is 1. The first-order valence-corrected chi connectivity index (χ1v) is 7.91. The molecular formula is C14H27N3S. The van der Waals surface area contributed by atoms with Gasteiger partial charge in [0.15, 0.2) is 5.13 Å². The van der Waals surface area contributed by atoms with Gasteiger partial charge in [0.2, 0.25) is 0 Å². The second-order valence-electron chi connectivity index (χ2n) is 4.70. The maximum absolute atomic E-state index is 4.73. The molecule has 1 heterocycles. The van der Waals surface area contributed by atoms with Gasteiger partial charge in [0.05, 0.1) is 5.69 Å². The maximum atomic E-state index is 4.73. The van der Waals surface area contributed by atoms with E-state index >= 15 is 0 Å². The molecule has 4 heteroatoms. The summed E-state index contributed by atoms with van der Waals surface area (Å²) in [4.78, 5) is 8.49. The lowest BCUT2D eigenvalue weighted by molar-refractivity contribution is 0.575. The van der Waals surface area contributed by atoms with Crippen LogP contribution in [-0.4, -0.2) is 24.6 Å². The van der Waals surface area contributed by atoms with Crippen molar-refractivity contribution in [1.29, 1.82) is 0 Å². The van der Waals surface area contributed by atoms with E-state index < -0.39 is 0 Å². The minimum Gasteiger partial charge on any atom is -0.348 e. The van der Waals surface area contributed by atoms with Crippen molar-refractivity contribution in [3.8, 4) is 0 Å². The molecule has 0 spiro atoms. The second kappa shape index (κ2) is 7.74. The van der Waals surface area contributed by atoms with Crippen molar-refractivity contribution in [3.63, 3.8) is 0 Å². The summed E-state index contributed by atoms with van der Waals surface area (Å²) >= 11 is 1.84. The Hall–Kier alpha value is -0.610. The molecule has 0 saturated carbocycles. The van der Waals surface area contributed by atoms with Crippen molar-refractivity contribution in [2.75, 3.05) is 24.5 Å². The van der Waals surface area contributed by atoms with E-state index in [1.807, 2.05) is 11.3 Å². The number of nitrogens with zero attached hydrogens (tertiary/aromatic N) is 2. The fourth-order valence-corrected chi connectivity index (χ4v) is 3.23. The van der Waals surface area contributed by atoms with Crippen LogP contribution in [0.5, 0.6) is 0 Å². The van der Waals surface area contributed by atoms with E-state index in [1.165, 1.54) is 28.5 Å². The molecule has 0 amide bonds. The van der Waals surface area contributed by atoms with Crippen molar-refractivity contribution in [2.45, 2.75) is 53.5 Å². The third-order valence-corrected chi connectivity index (χ3v) is 4.46. The Morgan fingerprint density at radius 2 is 2.00 bits per heavy atom. The van der Waals surface area contributed by atoms with Gasteiger partial charge in [0, 0.05) is 24.0 Å². The fourth-order valence-electron chi connectivity index (χ4n) is 2.04. The predicted molar refractivity (Wildman–Crippen MR) is 81.7 cm³/mol. The first-order chi connectivity index (χ1) is 8.63. The molecule has 0 aliphatic heterocycles. The van der Waals surface area contributed by atoms with Crippen LogP contribution in [-0.2, 0) is 0 Å². The first-order valence-electron chi connectivity index (χ1n) is 7.09. The Kier molecular flexibility index (Phi) is 6.65. The Morgan fingerprint density at radius 1 is 1.28 bits per heavy atom. The van der Waals surface area contributed by atoms with E-state index in [4.69, 9.17) is 4.98 Å². The van der Waals surface area contributed by atoms with Crippen molar-refractivity contribution in [3.05, 3.63) is 10.6 Å². The highest BCUT2D eigenvalue weighted by atomic mass is 32.1. The summed E-state index contributed by atoms with van der Waals surface area (Å²) in [6, 6.07) is 0.413. The summed E-state index contributed by atoms with van der Waals surface area (Å²) in [6.07, 6.45) is 2.34. The van der Waals surface area contributed by atoms with Gasteiger partial charge in [-0.25, -0.2) is 4.98 Å². The molecule has 0 fully saturated rings. The van der Waals surface area contributed by atoms with Crippen LogP contribution >= 0.6 is 11.3 Å². The van der Waals surface area contributed by atoms with Gasteiger partial charge in [-0.1, -0.05) is 13.8 Å². The van der Waals surface area contributed by atoms with Crippen LogP contribution < -0.4 is 10.2 Å². The molecule has 104 valence electrons. The van der Waals surface area contributed by atoms with Crippen LogP contribution in [0.4, 0.5) is 5.13 Å². The summed E-state index contributed by atoms with van der Waals surface area (Å²) < 4.78 is 0. The number of hydrogen-bond donors (Lipinski definition) is 1. The van der Waals surface area contributed by atoms with Gasteiger partial charge in [0.1, 0.15) is 0 Å². The van der Waals surface area contributed by atoms with Crippen molar-refractivity contribution in [2.24, 2.45) is 0 Å². The predicted octanol–water partition coefficient (Wildman–Crippen LogP) is 3.75. The second-order valence-corrected chi connectivity index (χ2v) is 5.71. The van der Waals surface area contributed by atoms with Crippen LogP contribution in [0.1, 0.15) is 57.1 Å². The topological polar surface area (TPSA) is 28.2 Å². The first kappa shape index (κ1) is 15.4. The average Bonchev–Trinajstić information content (AvgIpc) is 2.75. The lowest BCUT2D eigenvalue weighted by atomic mass is 10.2. The molecule has 0 aromatic carbocycles. The van der Waals surface area contributed by atoms with E-state index in [2.05, 4.69) is 44.8 Å². The zero-order valence-corrected chi connectivity index (χ0v) is 13.2. The van der Waals surface area contributed by atoms with Crippen LogP contribution in [0, 0.1) is 6.92 Å². The Labute approximate surface area is 116 Å². The summed E-state index contributed by atoms with van der Waals surface area (Å²) in [5.41, 5.74) is 1.18. The van der Waals surface area contributed by atoms with Crippen LogP contribution in [0.25, 0.3) is 0 Å². The minimum atomic E-state index is 0.413. The van der Waals surface area contributed by atoms with Crippen molar-refractivity contribution in [1.82, 2.24) is 10.3 Å². The number of aryl methyl sites for hydroxylation is 1. The number of thiazole rings is 1. The van der Waals surface area contributed by atoms with Gasteiger partial charge < -0.3 is 10.2 Å². The third-order valence-electron chi connectivity index (χ3n) is 3.06.